The molecule has 82 valence electrons. The summed E-state index contributed by atoms with van der Waals surface area (Å²) in [6.07, 6.45) is 11.5. The highest BCUT2D eigenvalue weighted by atomic mass is 35.5. The predicted octanol–water partition coefficient (Wildman–Crippen LogP) is 3.87. The number of halogens is 1. The Balaban J connectivity index is 1.98. The van der Waals surface area contributed by atoms with Crippen LogP contribution >= 0.6 is 11.6 Å². The van der Waals surface area contributed by atoms with Gasteiger partial charge in [-0.25, -0.2) is 0 Å². The van der Waals surface area contributed by atoms with Gasteiger partial charge in [-0.15, -0.1) is 0 Å². The van der Waals surface area contributed by atoms with Gasteiger partial charge in [-0.2, -0.15) is 0 Å². The second-order valence-electron chi connectivity index (χ2n) is 4.19. The second-order valence-corrected chi connectivity index (χ2v) is 4.60. The Bertz CT molecular complexity index is 306. The third kappa shape index (κ3) is 3.10. The van der Waals surface area contributed by atoms with Crippen LogP contribution in [0.4, 0.5) is 5.69 Å². The van der Waals surface area contributed by atoms with Crippen LogP contribution in [-0.2, 0) is 0 Å². The van der Waals surface area contributed by atoms with Crippen molar-refractivity contribution in [3.05, 3.63) is 23.5 Å². The average Bonchev–Trinajstić information content (AvgIpc) is 2.50. The molecule has 1 heterocycles. The molecule has 0 amide bonds. The Morgan fingerprint density at radius 3 is 2.60 bits per heavy atom. The van der Waals surface area contributed by atoms with E-state index in [0.29, 0.717) is 6.04 Å². The van der Waals surface area contributed by atoms with E-state index in [1.807, 2.05) is 12.3 Å². The molecule has 1 aromatic heterocycles. The molecule has 0 bridgehead atoms. The van der Waals surface area contributed by atoms with Crippen molar-refractivity contribution in [2.75, 3.05) is 5.32 Å². The fourth-order valence-electron chi connectivity index (χ4n) is 2.13. The first kappa shape index (κ1) is 10.7. The van der Waals surface area contributed by atoms with Crippen molar-refractivity contribution < 1.29 is 0 Å². The van der Waals surface area contributed by atoms with E-state index >= 15 is 0 Å². The number of rotatable bonds is 2. The highest BCUT2D eigenvalue weighted by Crippen LogP contribution is 2.24. The fraction of sp³-hybridized carbons (Fsp3) is 0.583. The molecule has 0 radical (unpaired) electrons. The van der Waals surface area contributed by atoms with Gasteiger partial charge in [0.05, 0.1) is 16.9 Å². The molecule has 0 unspecified atom stereocenters. The summed E-state index contributed by atoms with van der Waals surface area (Å²) in [6, 6.07) is 2.41. The molecule has 1 saturated carbocycles. The minimum atomic E-state index is 0.578. The molecule has 1 aromatic rings. The third-order valence-corrected chi connectivity index (χ3v) is 3.31. The van der Waals surface area contributed by atoms with E-state index in [2.05, 4.69) is 10.3 Å². The highest BCUT2D eigenvalue weighted by molar-refractivity contribution is 6.33. The van der Waals surface area contributed by atoms with Crippen LogP contribution < -0.4 is 5.32 Å². The zero-order chi connectivity index (χ0) is 10.5. The summed E-state index contributed by atoms with van der Waals surface area (Å²) >= 11 is 6.08. The van der Waals surface area contributed by atoms with Gasteiger partial charge in [-0.3, -0.25) is 4.98 Å². The minimum absolute atomic E-state index is 0.578. The summed E-state index contributed by atoms with van der Waals surface area (Å²) < 4.78 is 0. The average molecular weight is 225 g/mol. The van der Waals surface area contributed by atoms with E-state index < -0.39 is 0 Å². The van der Waals surface area contributed by atoms with Crippen LogP contribution in [0.25, 0.3) is 0 Å². The number of nitrogens with zero attached hydrogens (tertiary/aromatic N) is 1. The van der Waals surface area contributed by atoms with E-state index in [1.54, 1.807) is 6.20 Å². The van der Waals surface area contributed by atoms with E-state index in [1.165, 1.54) is 38.5 Å². The third-order valence-electron chi connectivity index (χ3n) is 2.98. The van der Waals surface area contributed by atoms with Gasteiger partial charge in [-0.05, 0) is 18.9 Å². The second kappa shape index (κ2) is 5.36. The zero-order valence-corrected chi connectivity index (χ0v) is 9.63. The molecule has 0 spiro atoms. The topological polar surface area (TPSA) is 24.9 Å². The molecule has 1 aliphatic carbocycles. The standard InChI is InChI=1S/C12H17ClN2/c13-11-7-8-14-9-12(11)15-10-5-3-1-2-4-6-10/h7-10,15H,1-6H2. The maximum absolute atomic E-state index is 6.08. The lowest BCUT2D eigenvalue weighted by Crippen LogP contribution is -2.18. The molecule has 0 saturated heterocycles. The maximum atomic E-state index is 6.08. The molecule has 0 aliphatic heterocycles. The molecule has 3 heteroatoms. The smallest absolute Gasteiger partial charge is 0.0718 e. The molecule has 1 N–H and O–H groups in total. The summed E-state index contributed by atoms with van der Waals surface area (Å²) in [5, 5.41) is 4.27. The van der Waals surface area contributed by atoms with E-state index in [-0.39, 0.29) is 0 Å². The molecule has 2 nitrogen and oxygen atoms in total. The van der Waals surface area contributed by atoms with Crippen LogP contribution in [-0.4, -0.2) is 11.0 Å². The lowest BCUT2D eigenvalue weighted by Gasteiger charge is -2.17. The van der Waals surface area contributed by atoms with Crippen molar-refractivity contribution in [2.24, 2.45) is 0 Å². The summed E-state index contributed by atoms with van der Waals surface area (Å²) in [4.78, 5) is 4.09. The van der Waals surface area contributed by atoms with Gasteiger partial charge >= 0.3 is 0 Å². The number of nitrogens with one attached hydrogen (secondary N) is 1. The van der Waals surface area contributed by atoms with Crippen LogP contribution in [0, 0.1) is 0 Å². The molecular formula is C12H17ClN2. The summed E-state index contributed by atoms with van der Waals surface area (Å²) in [6.45, 7) is 0. The number of aromatic nitrogens is 1. The predicted molar refractivity (Wildman–Crippen MR) is 64.4 cm³/mol. The van der Waals surface area contributed by atoms with Crippen molar-refractivity contribution >= 4 is 17.3 Å². The first-order valence-corrected chi connectivity index (χ1v) is 6.10. The molecule has 2 rings (SSSR count). The van der Waals surface area contributed by atoms with E-state index in [0.717, 1.165) is 10.7 Å². The Morgan fingerprint density at radius 1 is 1.20 bits per heavy atom. The van der Waals surface area contributed by atoms with Crippen LogP contribution in [0.2, 0.25) is 5.02 Å². The Kier molecular flexibility index (Phi) is 3.84. The zero-order valence-electron chi connectivity index (χ0n) is 8.88. The summed E-state index contributed by atoms with van der Waals surface area (Å²) in [5.74, 6) is 0. The number of hydrogen-bond acceptors (Lipinski definition) is 2. The van der Waals surface area contributed by atoms with Crippen LogP contribution in [0.1, 0.15) is 38.5 Å². The number of hydrogen-bond donors (Lipinski definition) is 1. The Labute approximate surface area is 96.1 Å². The lowest BCUT2D eigenvalue weighted by molar-refractivity contribution is 0.620. The molecule has 1 aliphatic rings. The Morgan fingerprint density at radius 2 is 1.93 bits per heavy atom. The minimum Gasteiger partial charge on any atom is -0.380 e. The molecule has 0 aromatic carbocycles. The van der Waals surface area contributed by atoms with Crippen molar-refractivity contribution in [3.63, 3.8) is 0 Å². The normalized spacial score (nSPS) is 18.5. The number of anilines is 1. The molecule has 15 heavy (non-hydrogen) atoms. The van der Waals surface area contributed by atoms with Crippen molar-refractivity contribution in [2.45, 2.75) is 44.6 Å². The van der Waals surface area contributed by atoms with Gasteiger partial charge in [0.1, 0.15) is 0 Å². The first-order chi connectivity index (χ1) is 7.36. The number of pyridine rings is 1. The van der Waals surface area contributed by atoms with Crippen molar-refractivity contribution in [3.8, 4) is 0 Å². The van der Waals surface area contributed by atoms with Crippen molar-refractivity contribution in [1.29, 1.82) is 0 Å². The van der Waals surface area contributed by atoms with Gasteiger partial charge in [0.15, 0.2) is 0 Å². The van der Waals surface area contributed by atoms with E-state index in [9.17, 15) is 0 Å². The maximum Gasteiger partial charge on any atom is 0.0718 e. The van der Waals surface area contributed by atoms with Crippen LogP contribution in [0.3, 0.4) is 0 Å². The van der Waals surface area contributed by atoms with Gasteiger partial charge in [0.2, 0.25) is 0 Å². The van der Waals surface area contributed by atoms with Gasteiger partial charge in [0, 0.05) is 12.2 Å². The monoisotopic (exact) mass is 224 g/mol. The fourth-order valence-corrected chi connectivity index (χ4v) is 2.29. The molecular weight excluding hydrogens is 208 g/mol. The molecule has 1 fully saturated rings. The van der Waals surface area contributed by atoms with Gasteiger partial charge in [0.25, 0.3) is 0 Å². The quantitative estimate of drug-likeness (QED) is 0.772. The SMILES string of the molecule is Clc1ccncc1NC1CCCCCC1. The van der Waals surface area contributed by atoms with Crippen LogP contribution in [0.5, 0.6) is 0 Å². The van der Waals surface area contributed by atoms with Crippen molar-refractivity contribution in [1.82, 2.24) is 4.98 Å². The summed E-state index contributed by atoms with van der Waals surface area (Å²) in [7, 11) is 0. The lowest BCUT2D eigenvalue weighted by atomic mass is 10.1. The van der Waals surface area contributed by atoms with Gasteiger partial charge < -0.3 is 5.32 Å². The Hall–Kier alpha value is -0.760. The van der Waals surface area contributed by atoms with Crippen LogP contribution in [0.15, 0.2) is 18.5 Å². The van der Waals surface area contributed by atoms with E-state index in [4.69, 9.17) is 11.6 Å². The largest absolute Gasteiger partial charge is 0.380 e. The van der Waals surface area contributed by atoms with Gasteiger partial charge in [-0.1, -0.05) is 37.3 Å². The molecule has 0 atom stereocenters. The summed E-state index contributed by atoms with van der Waals surface area (Å²) in [5.41, 5.74) is 0.978. The highest BCUT2D eigenvalue weighted by Gasteiger charge is 2.12. The first-order valence-electron chi connectivity index (χ1n) is 5.72.